The molecule has 2 aromatic heterocycles. The van der Waals surface area contributed by atoms with Crippen LogP contribution in [0, 0.1) is 0 Å². The quantitative estimate of drug-likeness (QED) is 0.663. The maximum atomic E-state index is 12.1. The van der Waals surface area contributed by atoms with Gasteiger partial charge in [0.25, 0.3) is 10.0 Å². The molecular weight excluding hydrogens is 338 g/mol. The minimum Gasteiger partial charge on any atom is -0.467 e. The molecule has 1 fully saturated rings. The minimum absolute atomic E-state index is 0.0306. The summed E-state index contributed by atoms with van der Waals surface area (Å²) in [7, 11) is -2.27. The van der Waals surface area contributed by atoms with Gasteiger partial charge < -0.3 is 19.4 Å². The third-order valence-corrected chi connectivity index (χ3v) is 4.64. The van der Waals surface area contributed by atoms with Crippen LogP contribution < -0.4 is 14.4 Å². The van der Waals surface area contributed by atoms with Crippen molar-refractivity contribution < 1.29 is 17.9 Å². The van der Waals surface area contributed by atoms with Crippen molar-refractivity contribution >= 4 is 16.0 Å². The van der Waals surface area contributed by atoms with Gasteiger partial charge in [0, 0.05) is 13.1 Å². The normalized spacial score (nSPS) is 15.5. The molecule has 0 saturated carbocycles. The summed E-state index contributed by atoms with van der Waals surface area (Å²) in [6.07, 6.45) is 2.51. The number of aromatic amines is 1. The van der Waals surface area contributed by atoms with E-state index in [2.05, 4.69) is 29.6 Å². The van der Waals surface area contributed by atoms with Crippen molar-refractivity contribution in [3.63, 3.8) is 0 Å². The molecule has 2 aromatic rings. The Morgan fingerprint density at radius 3 is 2.79 bits per heavy atom. The van der Waals surface area contributed by atoms with Crippen molar-refractivity contribution in [2.24, 2.45) is 0 Å². The summed E-state index contributed by atoms with van der Waals surface area (Å²) in [5.41, 5.74) is 0. The number of imidazole rings is 1. The van der Waals surface area contributed by atoms with Gasteiger partial charge >= 0.3 is 6.01 Å². The number of methoxy groups -OCH3 is 1. The Bertz CT molecular complexity index is 775. The molecule has 0 unspecified atom stereocenters. The van der Waals surface area contributed by atoms with E-state index in [4.69, 9.17) is 9.47 Å². The Hall–Kier alpha value is -2.31. The predicted octanol–water partition coefficient (Wildman–Crippen LogP) is -1.08. The summed E-state index contributed by atoms with van der Waals surface area (Å²) in [6, 6.07) is 0.127. The summed E-state index contributed by atoms with van der Waals surface area (Å²) in [5, 5.41) is -0.0306. The van der Waals surface area contributed by atoms with Crippen LogP contribution in [0.15, 0.2) is 17.6 Å². The van der Waals surface area contributed by atoms with Crippen LogP contribution in [0.5, 0.6) is 6.01 Å². The number of aromatic nitrogens is 5. The number of nitrogens with zero attached hydrogens (tertiary/aromatic N) is 5. The third-order valence-electron chi connectivity index (χ3n) is 3.31. The molecular formula is C12H17N7O4S. The van der Waals surface area contributed by atoms with Crippen molar-refractivity contribution in [1.82, 2.24) is 29.6 Å². The molecule has 0 aromatic carbocycles. The van der Waals surface area contributed by atoms with E-state index in [0.717, 1.165) is 0 Å². The second-order valence-corrected chi connectivity index (χ2v) is 6.61. The third kappa shape index (κ3) is 3.77. The first-order chi connectivity index (χ1) is 11.6. The molecule has 24 heavy (non-hydrogen) atoms. The smallest absolute Gasteiger partial charge is 0.321 e. The maximum Gasteiger partial charge on any atom is 0.321 e. The van der Waals surface area contributed by atoms with E-state index in [1.165, 1.54) is 19.6 Å². The molecule has 1 aliphatic rings. The van der Waals surface area contributed by atoms with Gasteiger partial charge in [-0.15, -0.1) is 0 Å². The summed E-state index contributed by atoms with van der Waals surface area (Å²) in [6.45, 7) is 2.35. The molecule has 1 aliphatic heterocycles. The van der Waals surface area contributed by atoms with Crippen LogP contribution in [0.4, 0.5) is 5.95 Å². The molecule has 0 aliphatic carbocycles. The Kier molecular flexibility index (Phi) is 4.87. The minimum atomic E-state index is -3.72. The van der Waals surface area contributed by atoms with Crippen molar-refractivity contribution in [3.05, 3.63) is 18.3 Å². The largest absolute Gasteiger partial charge is 0.467 e. The molecule has 2 N–H and O–H groups in total. The second-order valence-electron chi connectivity index (χ2n) is 4.88. The van der Waals surface area contributed by atoms with E-state index in [-0.39, 0.29) is 23.4 Å². The van der Waals surface area contributed by atoms with Crippen LogP contribution in [0.1, 0.15) is 5.82 Å². The average molecular weight is 355 g/mol. The lowest BCUT2D eigenvalue weighted by Gasteiger charge is -2.26. The van der Waals surface area contributed by atoms with E-state index in [1.807, 2.05) is 4.90 Å². The SMILES string of the molecule is COc1nc(CNS(=O)(=O)c2cnc[nH]2)nc(N2CCOCC2)n1. The van der Waals surface area contributed by atoms with Gasteiger partial charge in [-0.3, -0.25) is 0 Å². The van der Waals surface area contributed by atoms with Crippen LogP contribution in [0.2, 0.25) is 0 Å². The Labute approximate surface area is 138 Å². The van der Waals surface area contributed by atoms with Gasteiger partial charge in [-0.2, -0.15) is 15.0 Å². The van der Waals surface area contributed by atoms with E-state index in [0.29, 0.717) is 32.3 Å². The molecule has 3 rings (SSSR count). The van der Waals surface area contributed by atoms with Gasteiger partial charge in [0.1, 0.15) is 0 Å². The molecule has 0 spiro atoms. The van der Waals surface area contributed by atoms with E-state index in [1.54, 1.807) is 0 Å². The molecule has 0 amide bonds. The highest BCUT2D eigenvalue weighted by Crippen LogP contribution is 2.14. The summed E-state index contributed by atoms with van der Waals surface area (Å²) in [5.74, 6) is 0.687. The molecule has 1 saturated heterocycles. The Morgan fingerprint density at radius 2 is 2.12 bits per heavy atom. The fourth-order valence-corrected chi connectivity index (χ4v) is 2.97. The van der Waals surface area contributed by atoms with Gasteiger partial charge in [0.05, 0.1) is 39.4 Å². The predicted molar refractivity (Wildman–Crippen MR) is 82.0 cm³/mol. The van der Waals surface area contributed by atoms with Crippen LogP contribution >= 0.6 is 0 Å². The Balaban J connectivity index is 1.77. The zero-order valence-electron chi connectivity index (χ0n) is 13.0. The number of morpholine rings is 1. The van der Waals surface area contributed by atoms with Crippen molar-refractivity contribution in [1.29, 1.82) is 0 Å². The van der Waals surface area contributed by atoms with Gasteiger partial charge in [-0.25, -0.2) is 18.1 Å². The lowest BCUT2D eigenvalue weighted by molar-refractivity contribution is 0.122. The highest BCUT2D eigenvalue weighted by Gasteiger charge is 2.19. The van der Waals surface area contributed by atoms with Crippen LogP contribution in [-0.2, 0) is 21.3 Å². The summed E-state index contributed by atoms with van der Waals surface area (Å²) in [4.78, 5) is 20.7. The zero-order valence-corrected chi connectivity index (χ0v) is 13.8. The van der Waals surface area contributed by atoms with E-state index >= 15 is 0 Å². The first-order valence-corrected chi connectivity index (χ1v) is 8.66. The number of anilines is 1. The monoisotopic (exact) mass is 355 g/mol. The number of rotatable bonds is 6. The number of H-pyrrole nitrogens is 1. The Morgan fingerprint density at radius 1 is 1.33 bits per heavy atom. The number of sulfonamides is 1. The van der Waals surface area contributed by atoms with Gasteiger partial charge in [-0.05, 0) is 0 Å². The lowest BCUT2D eigenvalue weighted by Crippen LogP contribution is -2.37. The van der Waals surface area contributed by atoms with Crippen molar-refractivity contribution in [2.45, 2.75) is 11.6 Å². The standard InChI is InChI=1S/C12H17N7O4S/c1-22-12-17-9(6-15-24(20,21)10-7-13-8-14-10)16-11(18-12)19-2-4-23-5-3-19/h7-8,15H,2-6H2,1H3,(H,13,14). The topological polar surface area (TPSA) is 135 Å². The van der Waals surface area contributed by atoms with Crippen LogP contribution in [0.3, 0.4) is 0 Å². The van der Waals surface area contributed by atoms with E-state index in [9.17, 15) is 8.42 Å². The average Bonchev–Trinajstić information content (AvgIpc) is 3.16. The van der Waals surface area contributed by atoms with Gasteiger partial charge in [0.2, 0.25) is 5.95 Å². The number of hydrogen-bond acceptors (Lipinski definition) is 9. The van der Waals surface area contributed by atoms with Gasteiger partial charge in [-0.1, -0.05) is 0 Å². The fraction of sp³-hybridized carbons (Fsp3) is 0.500. The number of nitrogens with one attached hydrogen (secondary N) is 2. The van der Waals surface area contributed by atoms with Crippen molar-refractivity contribution in [2.75, 3.05) is 38.3 Å². The van der Waals surface area contributed by atoms with Crippen LogP contribution in [0.25, 0.3) is 0 Å². The molecule has 0 bridgehead atoms. The highest BCUT2D eigenvalue weighted by molar-refractivity contribution is 7.89. The second kappa shape index (κ2) is 7.07. The highest BCUT2D eigenvalue weighted by atomic mass is 32.2. The zero-order chi connectivity index (χ0) is 17.0. The number of hydrogen-bond donors (Lipinski definition) is 2. The first kappa shape index (κ1) is 16.5. The molecule has 0 radical (unpaired) electrons. The number of ether oxygens (including phenoxy) is 2. The maximum absolute atomic E-state index is 12.1. The summed E-state index contributed by atoms with van der Waals surface area (Å²) >= 11 is 0. The first-order valence-electron chi connectivity index (χ1n) is 7.18. The van der Waals surface area contributed by atoms with Crippen LogP contribution in [-0.4, -0.2) is 66.8 Å². The van der Waals surface area contributed by atoms with E-state index < -0.39 is 10.0 Å². The molecule has 3 heterocycles. The van der Waals surface area contributed by atoms with Crippen molar-refractivity contribution in [3.8, 4) is 6.01 Å². The molecule has 12 heteroatoms. The molecule has 11 nitrogen and oxygen atoms in total. The molecule has 0 atom stereocenters. The summed E-state index contributed by atoms with van der Waals surface area (Å²) < 4.78 is 37.0. The molecule has 130 valence electrons. The van der Waals surface area contributed by atoms with Gasteiger partial charge in [0.15, 0.2) is 10.9 Å². The fourth-order valence-electron chi connectivity index (χ4n) is 2.09. The lowest BCUT2D eigenvalue weighted by atomic mass is 10.4.